The SMILES string of the molecule is CC1(O)CCCN(C(=O)c2cc(Cl)c(N)c(Cl)c2)C1. The van der Waals surface area contributed by atoms with Gasteiger partial charge >= 0.3 is 0 Å². The molecule has 0 aromatic heterocycles. The van der Waals surface area contributed by atoms with Crippen LogP contribution in [0.2, 0.25) is 10.0 Å². The lowest BCUT2D eigenvalue weighted by Gasteiger charge is -2.36. The minimum absolute atomic E-state index is 0.191. The van der Waals surface area contributed by atoms with Crippen LogP contribution >= 0.6 is 23.2 Å². The number of nitrogens with zero attached hydrogens (tertiary/aromatic N) is 1. The van der Waals surface area contributed by atoms with Gasteiger partial charge in [-0.3, -0.25) is 4.79 Å². The Hall–Kier alpha value is -0.970. The molecule has 6 heteroatoms. The minimum atomic E-state index is -0.838. The highest BCUT2D eigenvalue weighted by molar-refractivity contribution is 6.39. The first-order chi connectivity index (χ1) is 8.80. The van der Waals surface area contributed by atoms with Gasteiger partial charge in [-0.05, 0) is 31.9 Å². The third-order valence-electron chi connectivity index (χ3n) is 3.29. The molecule has 1 aliphatic rings. The number of hydrogen-bond donors (Lipinski definition) is 2. The average Bonchev–Trinajstić information content (AvgIpc) is 2.33. The molecular weight excluding hydrogens is 287 g/mol. The smallest absolute Gasteiger partial charge is 0.254 e. The summed E-state index contributed by atoms with van der Waals surface area (Å²) < 4.78 is 0. The number of hydrogen-bond acceptors (Lipinski definition) is 3. The molecular formula is C13H16Cl2N2O2. The van der Waals surface area contributed by atoms with Crippen LogP contribution in [0.15, 0.2) is 12.1 Å². The van der Waals surface area contributed by atoms with E-state index in [1.807, 2.05) is 0 Å². The van der Waals surface area contributed by atoms with Crippen molar-refractivity contribution in [1.82, 2.24) is 4.90 Å². The zero-order valence-corrected chi connectivity index (χ0v) is 12.1. The molecule has 1 unspecified atom stereocenters. The average molecular weight is 303 g/mol. The van der Waals surface area contributed by atoms with Gasteiger partial charge in [0.05, 0.1) is 21.3 Å². The van der Waals surface area contributed by atoms with Crippen molar-refractivity contribution in [1.29, 1.82) is 0 Å². The van der Waals surface area contributed by atoms with Crippen LogP contribution in [0.1, 0.15) is 30.1 Å². The number of rotatable bonds is 1. The number of amides is 1. The molecule has 1 heterocycles. The summed E-state index contributed by atoms with van der Waals surface area (Å²) in [5.74, 6) is -0.191. The molecule has 0 bridgehead atoms. The number of benzene rings is 1. The molecule has 1 atom stereocenters. The van der Waals surface area contributed by atoms with E-state index >= 15 is 0 Å². The summed E-state index contributed by atoms with van der Waals surface area (Å²) in [6, 6.07) is 3.02. The third kappa shape index (κ3) is 3.14. The molecule has 0 saturated carbocycles. The largest absolute Gasteiger partial charge is 0.396 e. The Morgan fingerprint density at radius 1 is 1.42 bits per heavy atom. The van der Waals surface area contributed by atoms with Gasteiger partial charge in [0, 0.05) is 18.7 Å². The molecule has 0 spiro atoms. The molecule has 3 N–H and O–H groups in total. The second kappa shape index (κ2) is 5.19. The molecule has 104 valence electrons. The van der Waals surface area contributed by atoms with Crippen LogP contribution < -0.4 is 5.73 Å². The summed E-state index contributed by atoms with van der Waals surface area (Å²) in [4.78, 5) is 14.0. The highest BCUT2D eigenvalue weighted by Gasteiger charge is 2.31. The van der Waals surface area contributed by atoms with Crippen LogP contribution in [0.5, 0.6) is 0 Å². The molecule has 1 amide bonds. The van der Waals surface area contributed by atoms with Gasteiger partial charge in [0.25, 0.3) is 5.91 Å². The zero-order valence-electron chi connectivity index (χ0n) is 10.6. The number of nitrogens with two attached hydrogens (primary N) is 1. The van der Waals surface area contributed by atoms with Crippen molar-refractivity contribution in [2.24, 2.45) is 0 Å². The third-order valence-corrected chi connectivity index (χ3v) is 3.91. The van der Waals surface area contributed by atoms with Gasteiger partial charge in [-0.25, -0.2) is 0 Å². The van der Waals surface area contributed by atoms with Crippen molar-refractivity contribution in [3.05, 3.63) is 27.7 Å². The quantitative estimate of drug-likeness (QED) is 0.784. The van der Waals surface area contributed by atoms with Gasteiger partial charge in [-0.1, -0.05) is 23.2 Å². The number of carbonyl (C=O) groups is 1. The minimum Gasteiger partial charge on any atom is -0.396 e. The Labute approximate surface area is 122 Å². The van der Waals surface area contributed by atoms with Crippen LogP contribution in [0.3, 0.4) is 0 Å². The molecule has 1 aromatic carbocycles. The fraction of sp³-hybridized carbons (Fsp3) is 0.462. The molecule has 19 heavy (non-hydrogen) atoms. The van der Waals surface area contributed by atoms with Crippen molar-refractivity contribution in [2.75, 3.05) is 18.8 Å². The lowest BCUT2D eigenvalue weighted by atomic mass is 9.94. The number of anilines is 1. The van der Waals surface area contributed by atoms with E-state index in [9.17, 15) is 9.90 Å². The summed E-state index contributed by atoms with van der Waals surface area (Å²) in [5, 5.41) is 10.6. The van der Waals surface area contributed by atoms with E-state index < -0.39 is 5.60 Å². The number of halogens is 2. The van der Waals surface area contributed by atoms with Crippen molar-refractivity contribution in [3.8, 4) is 0 Å². The van der Waals surface area contributed by atoms with Crippen LogP contribution in [0.25, 0.3) is 0 Å². The Bertz CT molecular complexity index is 494. The van der Waals surface area contributed by atoms with Crippen molar-refractivity contribution >= 4 is 34.8 Å². The summed E-state index contributed by atoms with van der Waals surface area (Å²) >= 11 is 11.9. The second-order valence-corrected chi connectivity index (χ2v) is 6.00. The van der Waals surface area contributed by atoms with Crippen molar-refractivity contribution in [2.45, 2.75) is 25.4 Å². The van der Waals surface area contributed by atoms with Gasteiger partial charge < -0.3 is 15.7 Å². The Balaban J connectivity index is 2.25. The first kappa shape index (κ1) is 14.4. The number of β-amino-alcohol motifs (C(OH)–C–C–N with tert-alkyl or cyclic N) is 1. The second-order valence-electron chi connectivity index (χ2n) is 5.18. The van der Waals surface area contributed by atoms with E-state index in [1.165, 1.54) is 12.1 Å². The highest BCUT2D eigenvalue weighted by Crippen LogP contribution is 2.30. The fourth-order valence-electron chi connectivity index (χ4n) is 2.28. The highest BCUT2D eigenvalue weighted by atomic mass is 35.5. The van der Waals surface area contributed by atoms with Crippen molar-refractivity contribution < 1.29 is 9.90 Å². The molecule has 1 aliphatic heterocycles. The van der Waals surface area contributed by atoms with E-state index in [1.54, 1.807) is 11.8 Å². The van der Waals surface area contributed by atoms with Crippen LogP contribution in [0, 0.1) is 0 Å². The van der Waals surface area contributed by atoms with Gasteiger partial charge in [-0.2, -0.15) is 0 Å². The molecule has 1 saturated heterocycles. The number of nitrogen functional groups attached to an aromatic ring is 1. The van der Waals surface area contributed by atoms with Gasteiger partial charge in [-0.15, -0.1) is 0 Å². The molecule has 4 nitrogen and oxygen atoms in total. The van der Waals surface area contributed by atoms with Crippen LogP contribution in [-0.4, -0.2) is 34.6 Å². The fourth-order valence-corrected chi connectivity index (χ4v) is 2.77. The molecule has 1 fully saturated rings. The molecule has 2 rings (SSSR count). The van der Waals surface area contributed by atoms with Crippen molar-refractivity contribution in [3.63, 3.8) is 0 Å². The number of aliphatic hydroxyl groups is 1. The maximum Gasteiger partial charge on any atom is 0.254 e. The summed E-state index contributed by atoms with van der Waals surface area (Å²) in [5.41, 5.74) is 5.47. The molecule has 0 radical (unpaired) electrons. The normalized spacial score (nSPS) is 23.5. The van der Waals surface area contributed by atoms with E-state index in [4.69, 9.17) is 28.9 Å². The van der Waals surface area contributed by atoms with Crippen LogP contribution in [-0.2, 0) is 0 Å². The lowest BCUT2D eigenvalue weighted by molar-refractivity contribution is -0.0107. The summed E-state index contributed by atoms with van der Waals surface area (Å²) in [7, 11) is 0. The first-order valence-corrected chi connectivity index (χ1v) is 6.82. The first-order valence-electron chi connectivity index (χ1n) is 6.06. The number of piperidine rings is 1. The monoisotopic (exact) mass is 302 g/mol. The Kier molecular flexibility index (Phi) is 3.95. The topological polar surface area (TPSA) is 66.6 Å². The summed E-state index contributed by atoms with van der Waals surface area (Å²) in [6.45, 7) is 2.66. The van der Waals surface area contributed by atoms with Gasteiger partial charge in [0.1, 0.15) is 0 Å². The summed E-state index contributed by atoms with van der Waals surface area (Å²) in [6.07, 6.45) is 1.47. The molecule has 1 aromatic rings. The van der Waals surface area contributed by atoms with E-state index in [0.29, 0.717) is 25.1 Å². The van der Waals surface area contributed by atoms with E-state index in [2.05, 4.69) is 0 Å². The van der Waals surface area contributed by atoms with E-state index in [-0.39, 0.29) is 21.6 Å². The predicted molar refractivity (Wildman–Crippen MR) is 76.6 cm³/mol. The number of carbonyl (C=O) groups excluding carboxylic acids is 1. The number of likely N-dealkylation sites (tertiary alicyclic amines) is 1. The Morgan fingerprint density at radius 3 is 2.53 bits per heavy atom. The lowest BCUT2D eigenvalue weighted by Crippen LogP contribution is -2.48. The molecule has 0 aliphatic carbocycles. The Morgan fingerprint density at radius 2 is 2.00 bits per heavy atom. The zero-order chi connectivity index (χ0) is 14.2. The predicted octanol–water partition coefficient (Wildman–Crippen LogP) is 2.56. The van der Waals surface area contributed by atoms with Gasteiger partial charge in [0.2, 0.25) is 0 Å². The van der Waals surface area contributed by atoms with E-state index in [0.717, 1.165) is 6.42 Å². The maximum absolute atomic E-state index is 12.4. The van der Waals surface area contributed by atoms with Crippen LogP contribution in [0.4, 0.5) is 5.69 Å². The standard InChI is InChI=1S/C13H16Cl2N2O2/c1-13(19)3-2-4-17(7-13)12(18)8-5-9(14)11(16)10(15)6-8/h5-6,19H,2-4,7,16H2,1H3. The van der Waals surface area contributed by atoms with Gasteiger partial charge in [0.15, 0.2) is 0 Å². The maximum atomic E-state index is 12.4.